The summed E-state index contributed by atoms with van der Waals surface area (Å²) in [5.74, 6) is -0.195. The van der Waals surface area contributed by atoms with Crippen LogP contribution in [0.3, 0.4) is 0 Å². The average molecular weight is 368 g/mol. The molecule has 4 aromatic rings. The van der Waals surface area contributed by atoms with Crippen molar-refractivity contribution in [1.82, 2.24) is 34.7 Å². The van der Waals surface area contributed by atoms with Crippen LogP contribution >= 0.6 is 11.6 Å². The highest BCUT2D eigenvalue weighted by Crippen LogP contribution is 2.34. The Morgan fingerprint density at radius 2 is 2.27 bits per heavy atom. The lowest BCUT2D eigenvalue weighted by molar-refractivity contribution is 0.0687. The molecule has 5 heterocycles. The smallest absolute Gasteiger partial charge is 0.259 e. The highest BCUT2D eigenvalue weighted by Gasteiger charge is 2.37. The SMILES string of the molecule is O=C(c1cn[nH]c1Cl)N1CCc2[nH]cnc2C1c1cc2ccccn2n1. The van der Waals surface area contributed by atoms with E-state index in [2.05, 4.69) is 25.3 Å². The van der Waals surface area contributed by atoms with E-state index < -0.39 is 0 Å². The van der Waals surface area contributed by atoms with Crippen molar-refractivity contribution in [1.29, 1.82) is 0 Å². The number of nitrogens with one attached hydrogen (secondary N) is 2. The van der Waals surface area contributed by atoms with Crippen LogP contribution in [0.4, 0.5) is 0 Å². The van der Waals surface area contributed by atoms with Gasteiger partial charge in [0.25, 0.3) is 5.91 Å². The van der Waals surface area contributed by atoms with Crippen LogP contribution in [-0.2, 0) is 6.42 Å². The molecule has 130 valence electrons. The number of imidazole rings is 1. The minimum Gasteiger partial charge on any atom is -0.348 e. The second-order valence-corrected chi connectivity index (χ2v) is 6.53. The number of rotatable bonds is 2. The Morgan fingerprint density at radius 3 is 3.08 bits per heavy atom. The van der Waals surface area contributed by atoms with Gasteiger partial charge in [-0.3, -0.25) is 9.89 Å². The minimum absolute atomic E-state index is 0.195. The fourth-order valence-electron chi connectivity index (χ4n) is 3.46. The Morgan fingerprint density at radius 1 is 1.35 bits per heavy atom. The van der Waals surface area contributed by atoms with E-state index in [1.807, 2.05) is 30.5 Å². The fraction of sp³-hybridized carbons (Fsp3) is 0.176. The number of hydrogen-bond acceptors (Lipinski definition) is 4. The molecule has 1 atom stereocenters. The fourth-order valence-corrected chi connectivity index (χ4v) is 3.64. The molecular weight excluding hydrogens is 354 g/mol. The second kappa shape index (κ2) is 5.70. The molecule has 0 saturated heterocycles. The van der Waals surface area contributed by atoms with Crippen molar-refractivity contribution in [2.75, 3.05) is 6.54 Å². The zero-order chi connectivity index (χ0) is 17.7. The molecule has 0 radical (unpaired) electrons. The highest BCUT2D eigenvalue weighted by atomic mass is 35.5. The zero-order valence-corrected chi connectivity index (χ0v) is 14.3. The van der Waals surface area contributed by atoms with Crippen LogP contribution in [0.1, 0.15) is 33.5 Å². The third kappa shape index (κ3) is 2.22. The molecule has 0 fully saturated rings. The molecule has 1 aliphatic rings. The maximum atomic E-state index is 13.1. The van der Waals surface area contributed by atoms with Gasteiger partial charge < -0.3 is 9.88 Å². The molecule has 2 N–H and O–H groups in total. The predicted octanol–water partition coefficient (Wildman–Crippen LogP) is 2.22. The van der Waals surface area contributed by atoms with E-state index in [0.717, 1.165) is 22.6 Å². The van der Waals surface area contributed by atoms with Gasteiger partial charge in [-0.05, 0) is 18.2 Å². The Kier molecular flexibility index (Phi) is 3.32. The van der Waals surface area contributed by atoms with E-state index in [9.17, 15) is 4.79 Å². The van der Waals surface area contributed by atoms with Gasteiger partial charge in [0.1, 0.15) is 11.2 Å². The number of hydrogen-bond donors (Lipinski definition) is 2. The van der Waals surface area contributed by atoms with Crippen LogP contribution in [0.25, 0.3) is 5.52 Å². The first-order chi connectivity index (χ1) is 12.7. The van der Waals surface area contributed by atoms with Gasteiger partial charge in [0.2, 0.25) is 0 Å². The first-order valence-electron chi connectivity index (χ1n) is 8.18. The van der Waals surface area contributed by atoms with Crippen LogP contribution in [-0.4, -0.2) is 47.1 Å². The number of H-pyrrole nitrogens is 2. The number of aromatic nitrogens is 6. The first-order valence-corrected chi connectivity index (χ1v) is 8.56. The molecule has 1 aliphatic heterocycles. The summed E-state index contributed by atoms with van der Waals surface area (Å²) < 4.78 is 1.80. The van der Waals surface area contributed by atoms with Gasteiger partial charge in [0, 0.05) is 24.9 Å². The second-order valence-electron chi connectivity index (χ2n) is 6.15. The summed E-state index contributed by atoms with van der Waals surface area (Å²) in [6, 6.07) is 7.44. The van der Waals surface area contributed by atoms with Gasteiger partial charge in [-0.2, -0.15) is 10.2 Å². The van der Waals surface area contributed by atoms with E-state index in [4.69, 9.17) is 11.6 Å². The number of nitrogens with zero attached hydrogens (tertiary/aromatic N) is 5. The summed E-state index contributed by atoms with van der Waals surface area (Å²) >= 11 is 6.08. The third-order valence-electron chi connectivity index (χ3n) is 4.68. The molecule has 0 aliphatic carbocycles. The van der Waals surface area contributed by atoms with Gasteiger partial charge in [-0.15, -0.1) is 0 Å². The van der Waals surface area contributed by atoms with Crippen molar-refractivity contribution < 1.29 is 4.79 Å². The summed E-state index contributed by atoms with van der Waals surface area (Å²) in [6.45, 7) is 0.536. The lowest BCUT2D eigenvalue weighted by atomic mass is 9.99. The standard InChI is InChI=1S/C17H14ClN7O/c18-16-11(8-21-22-16)17(26)24-6-4-12-14(20-9-19-12)15(24)13-7-10-3-1-2-5-25(10)23-13/h1-3,5,7-9,15H,4,6H2,(H,19,20)(H,21,22). The van der Waals surface area contributed by atoms with Crippen LogP contribution in [0, 0.1) is 0 Å². The quantitative estimate of drug-likeness (QED) is 0.568. The molecule has 4 aromatic heterocycles. The van der Waals surface area contributed by atoms with E-state index in [1.54, 1.807) is 15.7 Å². The minimum atomic E-state index is -0.386. The van der Waals surface area contributed by atoms with Crippen LogP contribution < -0.4 is 0 Å². The molecular formula is C17H14ClN7O. The normalized spacial score (nSPS) is 16.8. The Bertz CT molecular complexity index is 1080. The van der Waals surface area contributed by atoms with Crippen LogP contribution in [0.2, 0.25) is 5.15 Å². The van der Waals surface area contributed by atoms with Gasteiger partial charge in [0.15, 0.2) is 0 Å². The van der Waals surface area contributed by atoms with E-state index in [1.165, 1.54) is 6.20 Å². The molecule has 1 unspecified atom stereocenters. The average Bonchev–Trinajstić information content (AvgIpc) is 3.38. The van der Waals surface area contributed by atoms with Gasteiger partial charge in [-0.25, -0.2) is 9.50 Å². The summed E-state index contributed by atoms with van der Waals surface area (Å²) in [7, 11) is 0. The van der Waals surface area contributed by atoms with Crippen molar-refractivity contribution in [3.63, 3.8) is 0 Å². The van der Waals surface area contributed by atoms with Crippen LogP contribution in [0.15, 0.2) is 43.0 Å². The largest absolute Gasteiger partial charge is 0.348 e. The van der Waals surface area contributed by atoms with Crippen LogP contribution in [0.5, 0.6) is 0 Å². The van der Waals surface area contributed by atoms with Crippen molar-refractivity contribution in [2.24, 2.45) is 0 Å². The lowest BCUT2D eigenvalue weighted by Crippen LogP contribution is -2.41. The predicted molar refractivity (Wildman–Crippen MR) is 94.0 cm³/mol. The van der Waals surface area contributed by atoms with E-state index in [-0.39, 0.29) is 17.1 Å². The molecule has 0 aromatic carbocycles. The third-order valence-corrected chi connectivity index (χ3v) is 4.97. The molecule has 9 heteroatoms. The highest BCUT2D eigenvalue weighted by molar-refractivity contribution is 6.32. The number of aromatic amines is 2. The number of halogens is 1. The molecule has 0 bridgehead atoms. The van der Waals surface area contributed by atoms with Crippen molar-refractivity contribution in [3.8, 4) is 0 Å². The van der Waals surface area contributed by atoms with Gasteiger partial charge in [0.05, 0.1) is 35.0 Å². The first kappa shape index (κ1) is 15.2. The zero-order valence-electron chi connectivity index (χ0n) is 13.6. The summed E-state index contributed by atoms with van der Waals surface area (Å²) in [5, 5.41) is 11.4. The molecule has 0 saturated carbocycles. The Balaban J connectivity index is 1.64. The number of carbonyl (C=O) groups excluding carboxylic acids is 1. The number of amides is 1. The molecule has 0 spiro atoms. The van der Waals surface area contributed by atoms with Crippen molar-refractivity contribution >= 4 is 23.0 Å². The van der Waals surface area contributed by atoms with E-state index >= 15 is 0 Å². The monoisotopic (exact) mass is 367 g/mol. The lowest BCUT2D eigenvalue weighted by Gasteiger charge is -2.33. The molecule has 8 nitrogen and oxygen atoms in total. The Labute approximate surface area is 152 Å². The number of pyridine rings is 1. The topological polar surface area (TPSA) is 95.0 Å². The summed E-state index contributed by atoms with van der Waals surface area (Å²) in [5.41, 5.74) is 3.90. The number of carbonyl (C=O) groups is 1. The molecule has 1 amide bonds. The summed E-state index contributed by atoms with van der Waals surface area (Å²) in [4.78, 5) is 22.5. The maximum Gasteiger partial charge on any atom is 0.259 e. The number of fused-ring (bicyclic) bond motifs is 2. The summed E-state index contributed by atoms with van der Waals surface area (Å²) in [6.07, 6.45) is 5.68. The molecule has 26 heavy (non-hydrogen) atoms. The van der Waals surface area contributed by atoms with Gasteiger partial charge >= 0.3 is 0 Å². The molecule has 5 rings (SSSR count). The van der Waals surface area contributed by atoms with Crippen molar-refractivity contribution in [2.45, 2.75) is 12.5 Å². The van der Waals surface area contributed by atoms with E-state index in [0.29, 0.717) is 18.5 Å². The maximum absolute atomic E-state index is 13.1. The van der Waals surface area contributed by atoms with Gasteiger partial charge in [-0.1, -0.05) is 17.7 Å². The van der Waals surface area contributed by atoms with Crippen molar-refractivity contribution in [3.05, 3.63) is 70.8 Å². The Hall–Kier alpha value is -3.13.